The van der Waals surface area contributed by atoms with Crippen molar-refractivity contribution in [2.75, 3.05) is 7.11 Å². The van der Waals surface area contributed by atoms with Crippen LogP contribution in [0, 0.1) is 0 Å². The maximum absolute atomic E-state index is 12.7. The summed E-state index contributed by atoms with van der Waals surface area (Å²) in [5.74, 6) is 0.263. The zero-order valence-electron chi connectivity index (χ0n) is 11.2. The molecule has 0 saturated heterocycles. The topological polar surface area (TPSA) is 44.1 Å². The van der Waals surface area contributed by atoms with E-state index < -0.39 is 0 Å². The van der Waals surface area contributed by atoms with Crippen molar-refractivity contribution < 1.29 is 9.53 Å². The van der Waals surface area contributed by atoms with Gasteiger partial charge in [-0.1, -0.05) is 34.5 Å². The zero-order valence-corrected chi connectivity index (χ0v) is 13.5. The monoisotopic (exact) mass is 356 g/mol. The summed E-state index contributed by atoms with van der Waals surface area (Å²) in [6.07, 6.45) is 2.42. The van der Waals surface area contributed by atoms with Crippen molar-refractivity contribution in [3.05, 3.63) is 45.1 Å². The van der Waals surface area contributed by atoms with Gasteiger partial charge in [0.2, 0.25) is 5.78 Å². The van der Waals surface area contributed by atoms with Crippen molar-refractivity contribution in [1.29, 1.82) is 0 Å². The Morgan fingerprint density at radius 2 is 2.25 bits per heavy atom. The van der Waals surface area contributed by atoms with Gasteiger partial charge in [0.25, 0.3) is 0 Å². The van der Waals surface area contributed by atoms with Crippen molar-refractivity contribution in [1.82, 2.24) is 9.78 Å². The average molecular weight is 358 g/mol. The van der Waals surface area contributed by atoms with Crippen LogP contribution in [0.2, 0.25) is 5.02 Å². The first kappa shape index (κ1) is 15.1. The molecule has 0 N–H and O–H groups in total. The van der Waals surface area contributed by atoms with Crippen LogP contribution in [0.3, 0.4) is 0 Å². The largest absolute Gasteiger partial charge is 0.493 e. The van der Waals surface area contributed by atoms with Crippen LogP contribution in [-0.4, -0.2) is 22.7 Å². The van der Waals surface area contributed by atoms with Crippen LogP contribution >= 0.6 is 27.5 Å². The molecule has 2 rings (SSSR count). The lowest BCUT2D eigenvalue weighted by Crippen LogP contribution is -2.13. The number of methoxy groups -OCH3 is 1. The third-order valence-corrected chi connectivity index (χ3v) is 3.67. The molecule has 0 aliphatic heterocycles. The quantitative estimate of drug-likeness (QED) is 0.761. The van der Waals surface area contributed by atoms with Crippen LogP contribution in [-0.2, 0) is 6.54 Å². The second-order valence-electron chi connectivity index (χ2n) is 4.24. The molecule has 1 aromatic carbocycles. The summed E-state index contributed by atoms with van der Waals surface area (Å²) in [4.78, 5) is 12.7. The lowest BCUT2D eigenvalue weighted by atomic mass is 10.1. The van der Waals surface area contributed by atoms with Crippen molar-refractivity contribution in [2.24, 2.45) is 0 Å². The number of carbonyl (C=O) groups is 1. The number of ether oxygens (including phenoxy) is 1. The molecule has 0 aliphatic rings. The summed E-state index contributed by atoms with van der Waals surface area (Å²) in [6.45, 7) is 2.67. The normalized spacial score (nSPS) is 10.6. The summed E-state index contributed by atoms with van der Waals surface area (Å²) >= 11 is 9.47. The Morgan fingerprint density at radius 1 is 1.50 bits per heavy atom. The fraction of sp³-hybridized carbons (Fsp3) is 0.286. The third kappa shape index (κ3) is 2.88. The van der Waals surface area contributed by atoms with E-state index in [1.165, 1.54) is 7.11 Å². The second kappa shape index (κ2) is 6.41. The molecule has 0 fully saturated rings. The standard InChI is InChI=1S/C14H14BrClN2O2/c1-3-6-18-13(12(20-2)8-17-18)14(19)10-7-9(15)4-5-11(10)16/h4-5,7-8H,3,6H2,1-2H3. The summed E-state index contributed by atoms with van der Waals surface area (Å²) in [5, 5.41) is 4.60. The molecule has 0 amide bonds. The van der Waals surface area contributed by atoms with E-state index in [2.05, 4.69) is 21.0 Å². The molecule has 4 nitrogen and oxygen atoms in total. The number of rotatable bonds is 5. The molecule has 0 radical (unpaired) electrons. The van der Waals surface area contributed by atoms with Crippen molar-refractivity contribution in [2.45, 2.75) is 19.9 Å². The van der Waals surface area contributed by atoms with E-state index in [1.54, 1.807) is 29.1 Å². The van der Waals surface area contributed by atoms with E-state index in [1.807, 2.05) is 6.92 Å². The number of hydrogen-bond donors (Lipinski definition) is 0. The molecule has 0 atom stereocenters. The highest BCUT2D eigenvalue weighted by atomic mass is 79.9. The first-order chi connectivity index (χ1) is 9.58. The number of aromatic nitrogens is 2. The summed E-state index contributed by atoms with van der Waals surface area (Å²) in [7, 11) is 1.52. The first-order valence-corrected chi connectivity index (χ1v) is 7.35. The molecule has 0 bridgehead atoms. The van der Waals surface area contributed by atoms with E-state index in [0.29, 0.717) is 28.6 Å². The Hall–Kier alpha value is -1.33. The molecule has 106 valence electrons. The van der Waals surface area contributed by atoms with E-state index in [4.69, 9.17) is 16.3 Å². The summed E-state index contributed by atoms with van der Waals surface area (Å²) in [5.41, 5.74) is 0.853. The van der Waals surface area contributed by atoms with Crippen LogP contribution in [0.1, 0.15) is 29.4 Å². The maximum atomic E-state index is 12.7. The van der Waals surface area contributed by atoms with Gasteiger partial charge >= 0.3 is 0 Å². The smallest absolute Gasteiger partial charge is 0.216 e. The maximum Gasteiger partial charge on any atom is 0.216 e. The van der Waals surface area contributed by atoms with Crippen molar-refractivity contribution in [3.63, 3.8) is 0 Å². The molecular weight excluding hydrogens is 344 g/mol. The van der Waals surface area contributed by atoms with Gasteiger partial charge in [0.05, 0.1) is 18.3 Å². The molecular formula is C14H14BrClN2O2. The number of benzene rings is 1. The van der Waals surface area contributed by atoms with Crippen LogP contribution < -0.4 is 4.74 Å². The van der Waals surface area contributed by atoms with Crippen LogP contribution in [0.5, 0.6) is 5.75 Å². The molecule has 0 aliphatic carbocycles. The number of hydrogen-bond acceptors (Lipinski definition) is 3. The fourth-order valence-electron chi connectivity index (χ4n) is 1.93. The number of halogens is 2. The third-order valence-electron chi connectivity index (χ3n) is 2.85. The van der Waals surface area contributed by atoms with Crippen LogP contribution in [0.25, 0.3) is 0 Å². The molecule has 1 heterocycles. The van der Waals surface area contributed by atoms with Gasteiger partial charge in [-0.2, -0.15) is 5.10 Å². The molecule has 0 saturated carbocycles. The first-order valence-electron chi connectivity index (χ1n) is 6.18. The minimum atomic E-state index is -0.195. The Bertz CT molecular complexity index is 640. The van der Waals surface area contributed by atoms with Gasteiger partial charge in [-0.3, -0.25) is 9.48 Å². The van der Waals surface area contributed by atoms with Gasteiger partial charge < -0.3 is 4.74 Å². The number of ketones is 1. The van der Waals surface area contributed by atoms with Gasteiger partial charge in [-0.25, -0.2) is 0 Å². The Kier molecular flexibility index (Phi) is 4.83. The predicted octanol–water partition coefficient (Wildman–Crippen LogP) is 3.95. The highest BCUT2D eigenvalue weighted by molar-refractivity contribution is 9.10. The minimum absolute atomic E-state index is 0.195. The summed E-state index contributed by atoms with van der Waals surface area (Å²) in [6, 6.07) is 5.18. The lowest BCUT2D eigenvalue weighted by molar-refractivity contribution is 0.102. The van der Waals surface area contributed by atoms with Gasteiger partial charge in [-0.15, -0.1) is 0 Å². The molecule has 0 unspecified atom stereocenters. The van der Waals surface area contributed by atoms with Crippen LogP contribution in [0.15, 0.2) is 28.9 Å². The van der Waals surface area contributed by atoms with Crippen molar-refractivity contribution >= 4 is 33.3 Å². The van der Waals surface area contributed by atoms with Crippen LogP contribution in [0.4, 0.5) is 0 Å². The molecule has 0 spiro atoms. The highest BCUT2D eigenvalue weighted by Crippen LogP contribution is 2.27. The van der Waals surface area contributed by atoms with Gasteiger partial charge in [-0.05, 0) is 24.6 Å². The predicted molar refractivity (Wildman–Crippen MR) is 81.7 cm³/mol. The lowest BCUT2D eigenvalue weighted by Gasteiger charge is -2.09. The van der Waals surface area contributed by atoms with E-state index >= 15 is 0 Å². The SMILES string of the molecule is CCCn1ncc(OC)c1C(=O)c1cc(Br)ccc1Cl. The van der Waals surface area contributed by atoms with Crippen molar-refractivity contribution in [3.8, 4) is 5.75 Å². The Labute approximate surface area is 130 Å². The van der Waals surface area contributed by atoms with E-state index in [-0.39, 0.29) is 5.78 Å². The molecule has 2 aromatic rings. The van der Waals surface area contributed by atoms with Gasteiger partial charge in [0.1, 0.15) is 0 Å². The molecule has 1 aromatic heterocycles. The second-order valence-corrected chi connectivity index (χ2v) is 5.56. The Morgan fingerprint density at radius 3 is 2.90 bits per heavy atom. The fourth-order valence-corrected chi connectivity index (χ4v) is 2.49. The average Bonchev–Trinajstić information content (AvgIpc) is 2.84. The minimum Gasteiger partial charge on any atom is -0.493 e. The molecule has 6 heteroatoms. The van der Waals surface area contributed by atoms with E-state index in [0.717, 1.165) is 10.9 Å². The Balaban J connectivity index is 2.52. The summed E-state index contributed by atoms with van der Waals surface area (Å²) < 4.78 is 7.67. The van der Waals surface area contributed by atoms with Gasteiger partial charge in [0, 0.05) is 16.6 Å². The zero-order chi connectivity index (χ0) is 14.7. The molecule has 20 heavy (non-hydrogen) atoms. The highest BCUT2D eigenvalue weighted by Gasteiger charge is 2.22. The van der Waals surface area contributed by atoms with E-state index in [9.17, 15) is 4.79 Å². The number of carbonyl (C=O) groups excluding carboxylic acids is 1. The van der Waals surface area contributed by atoms with Gasteiger partial charge in [0.15, 0.2) is 11.4 Å². The number of aryl methyl sites for hydroxylation is 1. The number of nitrogens with zero attached hydrogens (tertiary/aromatic N) is 2.